The van der Waals surface area contributed by atoms with Crippen molar-refractivity contribution < 1.29 is 18.9 Å². The minimum absolute atomic E-state index is 0.0340. The second-order valence-electron chi connectivity index (χ2n) is 6.03. The Morgan fingerprint density at radius 2 is 2.00 bits per heavy atom. The number of rotatable bonds is 8. The van der Waals surface area contributed by atoms with E-state index in [0.717, 1.165) is 23.1 Å². The minimum Gasteiger partial charge on any atom is -0.497 e. The molecule has 10 heteroatoms. The molecule has 0 atom stereocenters. The Labute approximate surface area is 170 Å². The Kier molecular flexibility index (Phi) is 6.45. The second-order valence-corrected chi connectivity index (χ2v) is 6.96. The van der Waals surface area contributed by atoms with Crippen molar-refractivity contribution in [1.29, 1.82) is 0 Å². The topological polar surface area (TPSA) is 120 Å². The van der Waals surface area contributed by atoms with E-state index >= 15 is 0 Å². The summed E-state index contributed by atoms with van der Waals surface area (Å²) in [6.45, 7) is 1.59. The van der Waals surface area contributed by atoms with Gasteiger partial charge in [-0.25, -0.2) is 0 Å². The van der Waals surface area contributed by atoms with E-state index in [1.807, 2.05) is 24.3 Å². The van der Waals surface area contributed by atoms with Gasteiger partial charge < -0.3 is 14.5 Å². The quantitative estimate of drug-likeness (QED) is 0.337. The Bertz CT molecular complexity index is 1020. The normalized spacial score (nSPS) is 10.6. The third-order valence-electron chi connectivity index (χ3n) is 4.07. The number of benzene rings is 2. The van der Waals surface area contributed by atoms with Crippen LogP contribution in [0.25, 0.3) is 0 Å². The molecule has 2 aromatic carbocycles. The highest BCUT2D eigenvalue weighted by molar-refractivity contribution is 7.99. The SMILES string of the molecule is COc1ccc(Cc2nnc(SCC(=O)Nc3cccc([N+](=O)[O-])c3C)o2)cc1. The zero-order chi connectivity index (χ0) is 20.8. The van der Waals surface area contributed by atoms with Crippen molar-refractivity contribution in [2.24, 2.45) is 0 Å². The first-order chi connectivity index (χ1) is 14.0. The lowest BCUT2D eigenvalue weighted by atomic mass is 10.1. The van der Waals surface area contributed by atoms with Crippen LogP contribution < -0.4 is 10.1 Å². The van der Waals surface area contributed by atoms with Gasteiger partial charge in [-0.3, -0.25) is 14.9 Å². The fraction of sp³-hybridized carbons (Fsp3) is 0.211. The molecule has 3 rings (SSSR count). The summed E-state index contributed by atoms with van der Waals surface area (Å²) < 4.78 is 10.7. The van der Waals surface area contributed by atoms with Crippen molar-refractivity contribution in [3.05, 3.63) is 69.6 Å². The molecule has 150 valence electrons. The predicted molar refractivity (Wildman–Crippen MR) is 107 cm³/mol. The number of carbonyl (C=O) groups is 1. The molecule has 1 heterocycles. The minimum atomic E-state index is -0.484. The molecule has 0 saturated heterocycles. The summed E-state index contributed by atoms with van der Waals surface area (Å²) in [7, 11) is 1.60. The predicted octanol–water partition coefficient (Wildman–Crippen LogP) is 3.62. The van der Waals surface area contributed by atoms with Gasteiger partial charge in [-0.05, 0) is 30.7 Å². The maximum absolute atomic E-state index is 12.2. The average molecular weight is 414 g/mol. The maximum atomic E-state index is 12.2. The molecule has 0 aliphatic rings. The van der Waals surface area contributed by atoms with Crippen molar-refractivity contribution in [1.82, 2.24) is 10.2 Å². The van der Waals surface area contributed by atoms with E-state index in [2.05, 4.69) is 15.5 Å². The van der Waals surface area contributed by atoms with Crippen LogP contribution in [0.3, 0.4) is 0 Å². The van der Waals surface area contributed by atoms with E-state index in [1.165, 1.54) is 12.1 Å². The van der Waals surface area contributed by atoms with Crippen LogP contribution >= 0.6 is 11.8 Å². The fourth-order valence-electron chi connectivity index (χ4n) is 2.56. The lowest BCUT2D eigenvalue weighted by Gasteiger charge is -2.07. The maximum Gasteiger partial charge on any atom is 0.277 e. The monoisotopic (exact) mass is 414 g/mol. The Morgan fingerprint density at radius 1 is 1.24 bits per heavy atom. The van der Waals surface area contributed by atoms with Crippen LogP contribution in [-0.4, -0.2) is 33.9 Å². The number of aromatic nitrogens is 2. The zero-order valence-electron chi connectivity index (χ0n) is 15.7. The number of anilines is 1. The number of methoxy groups -OCH3 is 1. The van der Waals surface area contributed by atoms with Gasteiger partial charge in [0.05, 0.1) is 35.5 Å². The Morgan fingerprint density at radius 3 is 2.69 bits per heavy atom. The number of hydrogen-bond acceptors (Lipinski definition) is 8. The van der Waals surface area contributed by atoms with Crippen LogP contribution in [0.5, 0.6) is 5.75 Å². The van der Waals surface area contributed by atoms with E-state index in [9.17, 15) is 14.9 Å². The number of hydrogen-bond donors (Lipinski definition) is 1. The highest BCUT2D eigenvalue weighted by Crippen LogP contribution is 2.25. The third kappa shape index (κ3) is 5.32. The van der Waals surface area contributed by atoms with E-state index in [4.69, 9.17) is 9.15 Å². The van der Waals surface area contributed by atoms with Gasteiger partial charge in [0.25, 0.3) is 10.9 Å². The van der Waals surface area contributed by atoms with Gasteiger partial charge in [-0.1, -0.05) is 30.0 Å². The average Bonchev–Trinajstić information content (AvgIpc) is 3.16. The molecule has 0 saturated carbocycles. The first kappa shape index (κ1) is 20.3. The van der Waals surface area contributed by atoms with E-state index in [1.54, 1.807) is 20.1 Å². The number of amides is 1. The third-order valence-corrected chi connectivity index (χ3v) is 4.88. The molecule has 29 heavy (non-hydrogen) atoms. The highest BCUT2D eigenvalue weighted by atomic mass is 32.2. The number of carbonyl (C=O) groups excluding carboxylic acids is 1. The molecule has 1 amide bonds. The van der Waals surface area contributed by atoms with E-state index in [0.29, 0.717) is 23.6 Å². The zero-order valence-corrected chi connectivity index (χ0v) is 16.6. The number of nitrogens with one attached hydrogen (secondary N) is 1. The number of ether oxygens (including phenoxy) is 1. The van der Waals surface area contributed by atoms with E-state index < -0.39 is 4.92 Å². The van der Waals surface area contributed by atoms with Gasteiger partial charge in [0.1, 0.15) is 5.75 Å². The number of nitrogens with zero attached hydrogens (tertiary/aromatic N) is 3. The van der Waals surface area contributed by atoms with Crippen LogP contribution in [0.4, 0.5) is 11.4 Å². The molecule has 0 aliphatic heterocycles. The molecular formula is C19H18N4O5S. The number of thioether (sulfide) groups is 1. The summed E-state index contributed by atoms with van der Waals surface area (Å²) in [5, 5.41) is 21.9. The Balaban J connectivity index is 1.54. The van der Waals surface area contributed by atoms with Crippen molar-refractivity contribution >= 4 is 29.0 Å². The lowest BCUT2D eigenvalue weighted by molar-refractivity contribution is -0.385. The largest absolute Gasteiger partial charge is 0.497 e. The molecule has 0 bridgehead atoms. The van der Waals surface area contributed by atoms with Gasteiger partial charge in [-0.2, -0.15) is 0 Å². The van der Waals surface area contributed by atoms with Crippen LogP contribution in [0, 0.1) is 17.0 Å². The van der Waals surface area contributed by atoms with Gasteiger partial charge in [0, 0.05) is 6.07 Å². The molecule has 0 radical (unpaired) electrons. The molecule has 0 unspecified atom stereocenters. The second kappa shape index (κ2) is 9.20. The first-order valence-corrected chi connectivity index (χ1v) is 9.57. The van der Waals surface area contributed by atoms with Crippen LogP contribution in [0.15, 0.2) is 52.1 Å². The standard InChI is InChI=1S/C19H18N4O5S/c1-12-15(4-3-5-16(12)23(25)26)20-17(24)11-29-19-22-21-18(28-19)10-13-6-8-14(27-2)9-7-13/h3-9H,10-11H2,1-2H3,(H,20,24). The summed E-state index contributed by atoms with van der Waals surface area (Å²) in [6.07, 6.45) is 0.469. The molecule has 9 nitrogen and oxygen atoms in total. The highest BCUT2D eigenvalue weighted by Gasteiger charge is 2.16. The molecule has 3 aromatic rings. The van der Waals surface area contributed by atoms with Crippen molar-refractivity contribution in [2.75, 3.05) is 18.2 Å². The smallest absolute Gasteiger partial charge is 0.277 e. The number of nitro benzene ring substituents is 1. The molecule has 1 aromatic heterocycles. The molecule has 0 fully saturated rings. The van der Waals surface area contributed by atoms with E-state index in [-0.39, 0.29) is 22.6 Å². The fourth-order valence-corrected chi connectivity index (χ4v) is 3.14. The molecule has 0 aliphatic carbocycles. The van der Waals surface area contributed by atoms with Gasteiger partial charge in [0.2, 0.25) is 11.8 Å². The molecular weight excluding hydrogens is 396 g/mol. The van der Waals surface area contributed by atoms with Gasteiger partial charge >= 0.3 is 0 Å². The number of nitro groups is 1. The van der Waals surface area contributed by atoms with Gasteiger partial charge in [-0.15, -0.1) is 10.2 Å². The van der Waals surface area contributed by atoms with Crippen LogP contribution in [0.1, 0.15) is 17.0 Å². The summed E-state index contributed by atoms with van der Waals surface area (Å²) in [5.74, 6) is 0.911. The summed E-state index contributed by atoms with van der Waals surface area (Å²) >= 11 is 1.10. The van der Waals surface area contributed by atoms with Gasteiger partial charge in [0.15, 0.2) is 0 Å². The Hall–Kier alpha value is -3.40. The summed E-state index contributed by atoms with van der Waals surface area (Å²) in [4.78, 5) is 22.7. The van der Waals surface area contributed by atoms with Crippen LogP contribution in [0.2, 0.25) is 0 Å². The van der Waals surface area contributed by atoms with Crippen molar-refractivity contribution in [3.63, 3.8) is 0 Å². The lowest BCUT2D eigenvalue weighted by Crippen LogP contribution is -2.15. The molecule has 1 N–H and O–H groups in total. The summed E-state index contributed by atoms with van der Waals surface area (Å²) in [6, 6.07) is 12.0. The van der Waals surface area contributed by atoms with Crippen LogP contribution in [-0.2, 0) is 11.2 Å². The van der Waals surface area contributed by atoms with Crippen molar-refractivity contribution in [3.8, 4) is 5.75 Å². The first-order valence-electron chi connectivity index (χ1n) is 8.58. The molecule has 0 spiro atoms. The van der Waals surface area contributed by atoms with Crippen molar-refractivity contribution in [2.45, 2.75) is 18.6 Å². The summed E-state index contributed by atoms with van der Waals surface area (Å²) in [5.41, 5.74) is 1.74.